The van der Waals surface area contributed by atoms with Crippen LogP contribution < -0.4 is 0 Å². The second-order valence-electron chi connectivity index (χ2n) is 5.50. The van der Waals surface area contributed by atoms with Gasteiger partial charge >= 0.3 is 6.18 Å². The first-order valence-electron chi connectivity index (χ1n) is 7.25. The molecule has 1 amide bonds. The molecule has 0 aliphatic carbocycles. The number of benzene rings is 2. The van der Waals surface area contributed by atoms with Gasteiger partial charge in [-0.1, -0.05) is 42.5 Å². The molecular formula is C17H12F4N2O2. The first-order valence-corrected chi connectivity index (χ1v) is 7.25. The van der Waals surface area contributed by atoms with Crippen LogP contribution in [0.2, 0.25) is 0 Å². The van der Waals surface area contributed by atoms with Crippen LogP contribution >= 0.6 is 0 Å². The Morgan fingerprint density at radius 1 is 1.08 bits per heavy atom. The summed E-state index contributed by atoms with van der Waals surface area (Å²) in [4.78, 5) is 12.6. The molecule has 1 atom stereocenters. The summed E-state index contributed by atoms with van der Waals surface area (Å²) >= 11 is 0. The lowest BCUT2D eigenvalue weighted by Gasteiger charge is -2.31. The normalized spacial score (nSPS) is 20.5. The van der Waals surface area contributed by atoms with Crippen molar-refractivity contribution in [2.75, 3.05) is 0 Å². The van der Waals surface area contributed by atoms with Gasteiger partial charge in [-0.25, -0.2) is 4.39 Å². The lowest BCUT2D eigenvalue weighted by molar-refractivity contribution is -0.0817. The number of nitrogens with zero attached hydrogens (tertiary/aromatic N) is 2. The molecule has 0 saturated carbocycles. The highest BCUT2D eigenvalue weighted by molar-refractivity contribution is 6.00. The number of hydrazone groups is 1. The topological polar surface area (TPSA) is 52.9 Å². The third-order valence-electron chi connectivity index (χ3n) is 3.85. The van der Waals surface area contributed by atoms with E-state index in [2.05, 4.69) is 5.10 Å². The Kier molecular flexibility index (Phi) is 4.08. The minimum Gasteiger partial charge on any atom is -0.365 e. The number of halogens is 4. The Balaban J connectivity index is 2.10. The summed E-state index contributed by atoms with van der Waals surface area (Å²) in [6, 6.07) is 12.2. The first kappa shape index (κ1) is 17.1. The van der Waals surface area contributed by atoms with Gasteiger partial charge in [0.1, 0.15) is 11.5 Å². The van der Waals surface area contributed by atoms with Gasteiger partial charge in [-0.2, -0.15) is 23.3 Å². The fourth-order valence-electron chi connectivity index (χ4n) is 2.60. The van der Waals surface area contributed by atoms with Gasteiger partial charge in [0.25, 0.3) is 5.91 Å². The third kappa shape index (κ3) is 3.00. The number of carbonyl (C=O) groups excluding carboxylic acids is 1. The van der Waals surface area contributed by atoms with Crippen LogP contribution in [0.1, 0.15) is 22.3 Å². The number of hydrogen-bond donors (Lipinski definition) is 1. The molecule has 25 heavy (non-hydrogen) atoms. The minimum atomic E-state index is -4.83. The van der Waals surface area contributed by atoms with Crippen molar-refractivity contribution in [3.05, 3.63) is 71.5 Å². The standard InChI is InChI=1S/C17H12F4N2O2/c18-13-9-5-4-8-12(13)15(24)23-16(25,11-6-2-1-3-7-11)10-14(22-23)17(19,20)21/h1-9,25H,10H2/t16-/m1/s1. The zero-order valence-corrected chi connectivity index (χ0v) is 12.7. The summed E-state index contributed by atoms with van der Waals surface area (Å²) in [6.45, 7) is 0. The summed E-state index contributed by atoms with van der Waals surface area (Å²) in [5, 5.41) is 14.4. The van der Waals surface area contributed by atoms with E-state index in [0.29, 0.717) is 5.01 Å². The van der Waals surface area contributed by atoms with E-state index in [1.54, 1.807) is 6.07 Å². The highest BCUT2D eigenvalue weighted by Gasteiger charge is 2.53. The maximum absolute atomic E-state index is 13.9. The maximum Gasteiger partial charge on any atom is 0.431 e. The van der Waals surface area contributed by atoms with Crippen LogP contribution in [0.15, 0.2) is 59.7 Å². The van der Waals surface area contributed by atoms with Gasteiger partial charge in [-0.05, 0) is 12.1 Å². The first-order chi connectivity index (χ1) is 11.7. The summed E-state index contributed by atoms with van der Waals surface area (Å²) in [5.74, 6) is -2.08. The molecule has 2 aromatic carbocycles. The lowest BCUT2D eigenvalue weighted by atomic mass is 9.96. The van der Waals surface area contributed by atoms with E-state index >= 15 is 0 Å². The number of hydrogen-bond acceptors (Lipinski definition) is 3. The van der Waals surface area contributed by atoms with Crippen molar-refractivity contribution in [3.63, 3.8) is 0 Å². The van der Waals surface area contributed by atoms with Gasteiger partial charge in [0.2, 0.25) is 0 Å². The molecule has 0 spiro atoms. The highest BCUT2D eigenvalue weighted by Crippen LogP contribution is 2.40. The second-order valence-corrected chi connectivity index (χ2v) is 5.50. The molecular weight excluding hydrogens is 340 g/mol. The average Bonchev–Trinajstić information content (AvgIpc) is 2.95. The number of alkyl halides is 3. The van der Waals surface area contributed by atoms with Crippen LogP contribution in [0.5, 0.6) is 0 Å². The quantitative estimate of drug-likeness (QED) is 0.842. The van der Waals surface area contributed by atoms with Crippen molar-refractivity contribution in [1.29, 1.82) is 0 Å². The monoisotopic (exact) mass is 352 g/mol. The molecule has 0 radical (unpaired) electrons. The van der Waals surface area contributed by atoms with Crippen molar-refractivity contribution in [2.45, 2.75) is 18.3 Å². The fourth-order valence-corrected chi connectivity index (χ4v) is 2.60. The Morgan fingerprint density at radius 3 is 2.28 bits per heavy atom. The van der Waals surface area contributed by atoms with Crippen LogP contribution in [0.3, 0.4) is 0 Å². The Hall–Kier alpha value is -2.74. The van der Waals surface area contributed by atoms with E-state index in [0.717, 1.165) is 12.1 Å². The summed E-state index contributed by atoms with van der Waals surface area (Å²) < 4.78 is 53.1. The van der Waals surface area contributed by atoms with Gasteiger partial charge in [0.15, 0.2) is 5.72 Å². The van der Waals surface area contributed by atoms with Crippen LogP contribution in [0.25, 0.3) is 0 Å². The predicted octanol–water partition coefficient (Wildman–Crippen LogP) is 3.44. The SMILES string of the molecule is O=C(c1ccccc1F)N1N=C(C(F)(F)F)C[C@@]1(O)c1ccccc1. The molecule has 1 aliphatic rings. The van der Waals surface area contributed by atoms with E-state index in [9.17, 15) is 27.5 Å². The maximum atomic E-state index is 13.9. The van der Waals surface area contributed by atoms with Gasteiger partial charge in [0.05, 0.1) is 12.0 Å². The van der Waals surface area contributed by atoms with Crippen LogP contribution in [0.4, 0.5) is 17.6 Å². The highest BCUT2D eigenvalue weighted by atomic mass is 19.4. The average molecular weight is 352 g/mol. The van der Waals surface area contributed by atoms with Gasteiger partial charge in [-0.3, -0.25) is 4.79 Å². The van der Waals surface area contributed by atoms with E-state index < -0.39 is 41.3 Å². The van der Waals surface area contributed by atoms with Gasteiger partial charge in [-0.15, -0.1) is 0 Å². The molecule has 1 aliphatic heterocycles. The van der Waals surface area contributed by atoms with E-state index in [1.165, 1.54) is 36.4 Å². The molecule has 0 fully saturated rings. The minimum absolute atomic E-state index is 0.0442. The van der Waals surface area contributed by atoms with Crippen molar-refractivity contribution in [1.82, 2.24) is 5.01 Å². The van der Waals surface area contributed by atoms with Gasteiger partial charge in [0, 0.05) is 5.56 Å². The van der Waals surface area contributed by atoms with Gasteiger partial charge < -0.3 is 5.11 Å². The molecule has 1 N–H and O–H groups in total. The lowest BCUT2D eigenvalue weighted by Crippen LogP contribution is -2.44. The fraction of sp³-hybridized carbons (Fsp3) is 0.176. The van der Waals surface area contributed by atoms with E-state index in [1.807, 2.05) is 0 Å². The molecule has 0 saturated heterocycles. The Bertz CT molecular complexity index is 836. The molecule has 0 aromatic heterocycles. The third-order valence-corrected chi connectivity index (χ3v) is 3.85. The zero-order valence-electron chi connectivity index (χ0n) is 12.7. The van der Waals surface area contributed by atoms with E-state index in [4.69, 9.17) is 0 Å². The number of carbonyl (C=O) groups is 1. The molecule has 4 nitrogen and oxygen atoms in total. The number of amides is 1. The largest absolute Gasteiger partial charge is 0.431 e. The molecule has 3 rings (SSSR count). The molecule has 1 heterocycles. The smallest absolute Gasteiger partial charge is 0.365 e. The Labute approximate surface area is 140 Å². The molecule has 8 heteroatoms. The van der Waals surface area contributed by atoms with Crippen LogP contribution in [-0.4, -0.2) is 27.9 Å². The van der Waals surface area contributed by atoms with Crippen molar-refractivity contribution >= 4 is 11.6 Å². The molecule has 0 bridgehead atoms. The van der Waals surface area contributed by atoms with Crippen LogP contribution in [-0.2, 0) is 5.72 Å². The van der Waals surface area contributed by atoms with E-state index in [-0.39, 0.29) is 5.56 Å². The molecule has 2 aromatic rings. The molecule has 0 unspecified atom stereocenters. The summed E-state index contributed by atoms with van der Waals surface area (Å²) in [7, 11) is 0. The van der Waals surface area contributed by atoms with Crippen molar-refractivity contribution in [3.8, 4) is 0 Å². The number of rotatable bonds is 2. The van der Waals surface area contributed by atoms with Crippen molar-refractivity contribution in [2.24, 2.45) is 5.10 Å². The summed E-state index contributed by atoms with van der Waals surface area (Å²) in [6.07, 6.45) is -5.77. The second kappa shape index (κ2) is 5.96. The number of aliphatic hydroxyl groups is 1. The predicted molar refractivity (Wildman–Crippen MR) is 81.0 cm³/mol. The Morgan fingerprint density at radius 2 is 1.68 bits per heavy atom. The van der Waals surface area contributed by atoms with Crippen LogP contribution in [0, 0.1) is 5.82 Å². The van der Waals surface area contributed by atoms with Crippen molar-refractivity contribution < 1.29 is 27.5 Å². The molecule has 130 valence electrons. The summed E-state index contributed by atoms with van der Waals surface area (Å²) in [5.41, 5.74) is -4.11. The zero-order chi connectivity index (χ0) is 18.2.